The van der Waals surface area contributed by atoms with Gasteiger partial charge in [0.2, 0.25) is 0 Å². The first kappa shape index (κ1) is 33.8. The topological polar surface area (TPSA) is 91.4 Å². The van der Waals surface area contributed by atoms with Crippen LogP contribution in [0.2, 0.25) is 0 Å². The molecule has 1 heterocycles. The van der Waals surface area contributed by atoms with Gasteiger partial charge in [0.05, 0.1) is 23.8 Å². The molecule has 0 saturated carbocycles. The minimum atomic E-state index is -5.42. The maximum atomic E-state index is 14.2. The van der Waals surface area contributed by atoms with Crippen LogP contribution in [0.15, 0.2) is 47.6 Å². The number of amides is 1. The van der Waals surface area contributed by atoms with Crippen LogP contribution in [0.4, 0.5) is 45.6 Å². The number of carbonyl (C=O) groups is 1. The second-order valence-corrected chi connectivity index (χ2v) is 10.1. The number of alkyl halides is 7. The predicted molar refractivity (Wildman–Crippen MR) is 144 cm³/mol. The Hall–Kier alpha value is -3.72. The van der Waals surface area contributed by atoms with E-state index in [9.17, 15) is 45.0 Å². The number of aliphatic imine (C=N–C) groups is 1. The molecule has 0 aliphatic carbocycles. The van der Waals surface area contributed by atoms with Crippen molar-refractivity contribution in [1.82, 2.24) is 4.90 Å². The Labute approximate surface area is 242 Å². The van der Waals surface area contributed by atoms with Crippen molar-refractivity contribution < 1.29 is 49.8 Å². The van der Waals surface area contributed by atoms with Crippen LogP contribution in [0.25, 0.3) is 5.57 Å². The maximum Gasteiger partial charge on any atom is 0.420 e. The molecular formula is C28H30F8N4O3. The van der Waals surface area contributed by atoms with Crippen LogP contribution in [0.3, 0.4) is 0 Å². The Bertz CT molecular complexity index is 1330. The lowest BCUT2D eigenvalue weighted by Gasteiger charge is -2.27. The summed E-state index contributed by atoms with van der Waals surface area (Å²) in [6, 6.07) is 3.77. The standard InChI is InChI=1S/C28H30F8N4O3/c1-16(2)40(21-5-3-19(29)4-6-21)26(42)43-25-23(9-18(27(31,32)33)10-24(25)28(34,35)36)17(11-37)12-38-13-22(41)15-39-8-7-20(30)14-39/h3-6,9-12,16,20,22,41H,7-8,13-15,37H2,1-2H3. The van der Waals surface area contributed by atoms with Crippen molar-refractivity contribution in [1.29, 1.82) is 0 Å². The monoisotopic (exact) mass is 622 g/mol. The Morgan fingerprint density at radius 3 is 2.33 bits per heavy atom. The van der Waals surface area contributed by atoms with Crippen LogP contribution in [0.5, 0.6) is 5.75 Å². The zero-order valence-electron chi connectivity index (χ0n) is 23.1. The van der Waals surface area contributed by atoms with E-state index in [1.807, 2.05) is 0 Å². The van der Waals surface area contributed by atoms with Gasteiger partial charge in [-0.15, -0.1) is 0 Å². The molecule has 2 unspecified atom stereocenters. The highest BCUT2D eigenvalue weighted by molar-refractivity contribution is 6.11. The SMILES string of the molecule is CC(C)N(C(=O)Oc1c(C(C=NCC(O)CN2CCC(F)C2)=CN)cc(C(F)(F)F)cc1C(F)(F)F)c1ccc(F)cc1. The first-order chi connectivity index (χ1) is 20.0. The summed E-state index contributed by atoms with van der Waals surface area (Å²) < 4.78 is 116. The van der Waals surface area contributed by atoms with Crippen LogP contribution in [-0.2, 0) is 12.4 Å². The first-order valence-electron chi connectivity index (χ1n) is 13.1. The number of ether oxygens (including phenoxy) is 1. The van der Waals surface area contributed by atoms with Gasteiger partial charge in [0.15, 0.2) is 5.75 Å². The van der Waals surface area contributed by atoms with E-state index in [1.54, 1.807) is 4.90 Å². The summed E-state index contributed by atoms with van der Waals surface area (Å²) in [6.45, 7) is 3.19. The van der Waals surface area contributed by atoms with Crippen LogP contribution in [-0.4, -0.2) is 66.8 Å². The molecule has 7 nitrogen and oxygen atoms in total. The molecule has 1 amide bonds. The molecule has 3 N–H and O–H groups in total. The number of rotatable bonds is 9. The van der Waals surface area contributed by atoms with Crippen molar-refractivity contribution in [2.75, 3.05) is 31.1 Å². The Morgan fingerprint density at radius 2 is 1.81 bits per heavy atom. The van der Waals surface area contributed by atoms with Crippen molar-refractivity contribution in [2.45, 2.75) is 50.9 Å². The third-order valence-corrected chi connectivity index (χ3v) is 6.45. The fraction of sp³-hybridized carbons (Fsp3) is 0.429. The van der Waals surface area contributed by atoms with Gasteiger partial charge in [0, 0.05) is 54.9 Å². The predicted octanol–water partition coefficient (Wildman–Crippen LogP) is 6.05. The molecule has 0 aromatic heterocycles. The zero-order chi connectivity index (χ0) is 32.1. The number of β-amino-alcohol motifs (C(OH)–C–C–N with tert-alkyl or cyclic N) is 1. The van der Waals surface area contributed by atoms with Gasteiger partial charge >= 0.3 is 18.4 Å². The normalized spacial score (nSPS) is 17.6. The highest BCUT2D eigenvalue weighted by Gasteiger charge is 2.42. The van der Waals surface area contributed by atoms with Crippen LogP contribution < -0.4 is 15.4 Å². The van der Waals surface area contributed by atoms with Gasteiger partial charge in [-0.2, -0.15) is 26.3 Å². The lowest BCUT2D eigenvalue weighted by atomic mass is 9.98. The largest absolute Gasteiger partial charge is 0.420 e. The minimum absolute atomic E-state index is 0.0402. The molecular weight excluding hydrogens is 592 g/mol. The van der Waals surface area contributed by atoms with Crippen molar-refractivity contribution >= 4 is 23.6 Å². The highest BCUT2D eigenvalue weighted by atomic mass is 19.4. The average Bonchev–Trinajstić information content (AvgIpc) is 3.30. The number of halogens is 8. The fourth-order valence-electron chi connectivity index (χ4n) is 4.46. The van der Waals surface area contributed by atoms with Gasteiger partial charge in [-0.25, -0.2) is 13.6 Å². The molecule has 1 aliphatic heterocycles. The highest BCUT2D eigenvalue weighted by Crippen LogP contribution is 2.44. The lowest BCUT2D eigenvalue weighted by Crippen LogP contribution is -2.39. The summed E-state index contributed by atoms with van der Waals surface area (Å²) in [4.78, 5) is 19.7. The number of allylic oxidation sites excluding steroid dienone is 1. The molecule has 3 rings (SSSR count). The summed E-state index contributed by atoms with van der Waals surface area (Å²) in [5, 5.41) is 10.2. The quantitative estimate of drug-likeness (QED) is 0.263. The van der Waals surface area contributed by atoms with E-state index in [-0.39, 0.29) is 31.4 Å². The molecule has 1 aliphatic rings. The van der Waals surface area contributed by atoms with Gasteiger partial charge in [-0.05, 0) is 56.7 Å². The molecule has 43 heavy (non-hydrogen) atoms. The summed E-state index contributed by atoms with van der Waals surface area (Å²) in [5.41, 5.74) is 0.703. The smallest absolute Gasteiger partial charge is 0.409 e. The van der Waals surface area contributed by atoms with Crippen LogP contribution in [0.1, 0.15) is 37.0 Å². The van der Waals surface area contributed by atoms with E-state index < -0.39 is 70.6 Å². The summed E-state index contributed by atoms with van der Waals surface area (Å²) >= 11 is 0. The van der Waals surface area contributed by atoms with E-state index >= 15 is 0 Å². The number of aliphatic hydroxyl groups excluding tert-OH is 1. The molecule has 1 saturated heterocycles. The number of anilines is 1. The van der Waals surface area contributed by atoms with E-state index in [1.165, 1.54) is 26.0 Å². The van der Waals surface area contributed by atoms with Crippen molar-refractivity contribution in [2.24, 2.45) is 10.7 Å². The number of nitrogens with zero attached hydrogens (tertiary/aromatic N) is 3. The summed E-state index contributed by atoms with van der Waals surface area (Å²) in [6.07, 6.45) is -12.4. The third-order valence-electron chi connectivity index (χ3n) is 6.45. The van der Waals surface area contributed by atoms with Crippen molar-refractivity contribution in [3.8, 4) is 5.75 Å². The molecule has 1 fully saturated rings. The lowest BCUT2D eigenvalue weighted by molar-refractivity contribution is -0.143. The van der Waals surface area contributed by atoms with Crippen LogP contribution in [0, 0.1) is 5.82 Å². The second kappa shape index (κ2) is 13.7. The van der Waals surface area contributed by atoms with Gasteiger partial charge < -0.3 is 15.6 Å². The van der Waals surface area contributed by atoms with Crippen molar-refractivity contribution in [3.63, 3.8) is 0 Å². The third kappa shape index (κ3) is 8.89. The Balaban J connectivity index is 2.04. The van der Waals surface area contributed by atoms with Gasteiger partial charge in [-0.1, -0.05) is 0 Å². The molecule has 0 spiro atoms. The average molecular weight is 623 g/mol. The second-order valence-electron chi connectivity index (χ2n) is 10.1. The molecule has 0 bridgehead atoms. The van der Waals surface area contributed by atoms with Gasteiger partial charge in [-0.3, -0.25) is 14.8 Å². The summed E-state index contributed by atoms with van der Waals surface area (Å²) in [5.74, 6) is -1.92. The number of hydrogen-bond donors (Lipinski definition) is 2. The van der Waals surface area contributed by atoms with E-state index in [0.717, 1.165) is 23.2 Å². The number of carbonyl (C=O) groups excluding carboxylic acids is 1. The van der Waals surface area contributed by atoms with Gasteiger partial charge in [0.25, 0.3) is 0 Å². The first-order valence-corrected chi connectivity index (χ1v) is 13.1. The molecule has 2 atom stereocenters. The zero-order valence-corrected chi connectivity index (χ0v) is 23.1. The fourth-order valence-corrected chi connectivity index (χ4v) is 4.46. The van der Waals surface area contributed by atoms with Crippen molar-refractivity contribution in [3.05, 3.63) is 65.1 Å². The number of benzene rings is 2. The molecule has 2 aromatic rings. The molecule has 15 heteroatoms. The summed E-state index contributed by atoms with van der Waals surface area (Å²) in [7, 11) is 0. The van der Waals surface area contributed by atoms with Gasteiger partial charge in [0.1, 0.15) is 12.0 Å². The van der Waals surface area contributed by atoms with E-state index in [4.69, 9.17) is 10.5 Å². The Morgan fingerprint density at radius 1 is 1.16 bits per heavy atom. The van der Waals surface area contributed by atoms with Crippen LogP contribution >= 0.6 is 0 Å². The Kier molecular flexibility index (Phi) is 10.8. The number of hydrogen-bond acceptors (Lipinski definition) is 6. The number of aliphatic hydroxyl groups is 1. The van der Waals surface area contributed by atoms with E-state index in [0.29, 0.717) is 25.2 Å². The number of likely N-dealkylation sites (tertiary alicyclic amines) is 1. The number of nitrogens with two attached hydrogens (primary N) is 1. The molecule has 0 radical (unpaired) electrons. The molecule has 2 aromatic carbocycles. The minimum Gasteiger partial charge on any atom is -0.409 e. The molecule has 236 valence electrons. The maximum absolute atomic E-state index is 14.2. The van der Waals surface area contributed by atoms with E-state index in [2.05, 4.69) is 4.99 Å².